The first-order valence-corrected chi connectivity index (χ1v) is 10.5. The molecule has 0 aromatic heterocycles. The van der Waals surface area contributed by atoms with E-state index in [1.54, 1.807) is 12.1 Å². The van der Waals surface area contributed by atoms with Crippen molar-refractivity contribution in [3.63, 3.8) is 0 Å². The zero-order valence-electron chi connectivity index (χ0n) is 19.5. The molecular formula is C26H29NO6. The molecule has 0 aliphatic heterocycles. The molecule has 0 aliphatic rings. The average molecular weight is 452 g/mol. The number of amides is 1. The minimum absolute atomic E-state index is 0.0957. The van der Waals surface area contributed by atoms with Crippen LogP contribution in [0.4, 0.5) is 10.5 Å². The first kappa shape index (κ1) is 23.8. The third-order valence-corrected chi connectivity index (χ3v) is 4.88. The maximum absolute atomic E-state index is 13.0. The van der Waals surface area contributed by atoms with Gasteiger partial charge in [0.15, 0.2) is 11.5 Å². The molecule has 1 amide bonds. The molecule has 174 valence electrons. The largest absolute Gasteiger partial charge is 0.493 e. The molecule has 3 aromatic carbocycles. The molecule has 7 nitrogen and oxygen atoms in total. The number of benzene rings is 3. The van der Waals surface area contributed by atoms with Crippen LogP contribution in [0.2, 0.25) is 0 Å². The molecule has 0 N–H and O–H groups in total. The lowest BCUT2D eigenvalue weighted by Gasteiger charge is -2.27. The monoisotopic (exact) mass is 451 g/mol. The molecule has 33 heavy (non-hydrogen) atoms. The molecule has 0 saturated carbocycles. The summed E-state index contributed by atoms with van der Waals surface area (Å²) in [5, 5.41) is 0. The third-order valence-electron chi connectivity index (χ3n) is 4.88. The molecule has 3 rings (SSSR count). The third kappa shape index (κ3) is 5.88. The van der Waals surface area contributed by atoms with Crippen molar-refractivity contribution in [3.8, 4) is 28.7 Å². The fraction of sp³-hybridized carbons (Fsp3) is 0.269. The van der Waals surface area contributed by atoms with Crippen LogP contribution in [0.3, 0.4) is 0 Å². The highest BCUT2D eigenvalue weighted by atomic mass is 16.6. The van der Waals surface area contributed by atoms with Gasteiger partial charge in [-0.15, -0.1) is 0 Å². The first-order valence-electron chi connectivity index (χ1n) is 10.5. The summed E-state index contributed by atoms with van der Waals surface area (Å²) < 4.78 is 27.7. The summed E-state index contributed by atoms with van der Waals surface area (Å²) in [4.78, 5) is 14.6. The predicted octanol–water partition coefficient (Wildman–Crippen LogP) is 6.06. The smallest absolute Gasteiger partial charge is 0.414 e. The normalized spacial score (nSPS) is 10.5. The summed E-state index contributed by atoms with van der Waals surface area (Å²) in [6, 6.07) is 20.2. The van der Waals surface area contributed by atoms with Gasteiger partial charge in [-0.1, -0.05) is 30.3 Å². The lowest BCUT2D eigenvalue weighted by atomic mass is 10.2. The fourth-order valence-electron chi connectivity index (χ4n) is 3.36. The Morgan fingerprint density at radius 1 is 0.818 bits per heavy atom. The Balaban J connectivity index is 1.76. The Hall–Kier alpha value is -3.87. The van der Waals surface area contributed by atoms with E-state index < -0.39 is 6.09 Å². The minimum atomic E-state index is -0.492. The van der Waals surface area contributed by atoms with Gasteiger partial charge in [0.2, 0.25) is 5.75 Å². The first-order chi connectivity index (χ1) is 16.0. The summed E-state index contributed by atoms with van der Waals surface area (Å²) >= 11 is 0. The van der Waals surface area contributed by atoms with Gasteiger partial charge in [-0.05, 0) is 43.7 Å². The summed E-state index contributed by atoms with van der Waals surface area (Å²) in [7, 11) is 4.59. The molecule has 0 fully saturated rings. The fourth-order valence-corrected chi connectivity index (χ4v) is 3.36. The maximum Gasteiger partial charge on any atom is 0.414 e. The van der Waals surface area contributed by atoms with Crippen LogP contribution in [-0.2, 0) is 11.3 Å². The number of hydrogen-bond acceptors (Lipinski definition) is 6. The van der Waals surface area contributed by atoms with Crippen LogP contribution in [0.25, 0.3) is 0 Å². The molecule has 0 radical (unpaired) electrons. The summed E-state index contributed by atoms with van der Waals surface area (Å²) in [6.07, 6.45) is -0.492. The van der Waals surface area contributed by atoms with Gasteiger partial charge in [0.1, 0.15) is 18.1 Å². The van der Waals surface area contributed by atoms with Crippen molar-refractivity contribution in [3.05, 3.63) is 72.3 Å². The van der Waals surface area contributed by atoms with Gasteiger partial charge in [-0.3, -0.25) is 4.90 Å². The van der Waals surface area contributed by atoms with Crippen molar-refractivity contribution in [1.82, 2.24) is 0 Å². The topological polar surface area (TPSA) is 66.5 Å². The minimum Gasteiger partial charge on any atom is -0.493 e. The van der Waals surface area contributed by atoms with E-state index in [0.717, 1.165) is 11.3 Å². The van der Waals surface area contributed by atoms with Crippen LogP contribution in [0.5, 0.6) is 28.7 Å². The maximum atomic E-state index is 13.0. The summed E-state index contributed by atoms with van der Waals surface area (Å²) in [5.41, 5.74) is 1.39. The highest BCUT2D eigenvalue weighted by Crippen LogP contribution is 2.41. The highest BCUT2D eigenvalue weighted by molar-refractivity contribution is 5.89. The second-order valence-corrected chi connectivity index (χ2v) is 7.46. The Bertz CT molecular complexity index is 1040. The van der Waals surface area contributed by atoms with E-state index in [0.29, 0.717) is 28.7 Å². The summed E-state index contributed by atoms with van der Waals surface area (Å²) in [6.45, 7) is 3.90. The number of rotatable bonds is 9. The molecule has 0 atom stereocenters. The SMILES string of the molecule is COc1cc(N(C(=O)OCc2cccc(Oc3ccccc3)c2)C(C)C)cc(OC)c1OC. The molecule has 0 heterocycles. The van der Waals surface area contributed by atoms with E-state index in [2.05, 4.69) is 0 Å². The van der Waals surface area contributed by atoms with Gasteiger partial charge in [-0.25, -0.2) is 4.79 Å². The second-order valence-electron chi connectivity index (χ2n) is 7.46. The van der Waals surface area contributed by atoms with Crippen molar-refractivity contribution in [1.29, 1.82) is 0 Å². The number of anilines is 1. The lowest BCUT2D eigenvalue weighted by molar-refractivity contribution is 0.145. The molecule has 3 aromatic rings. The van der Waals surface area contributed by atoms with Crippen LogP contribution in [0, 0.1) is 0 Å². The van der Waals surface area contributed by atoms with Crippen molar-refractivity contribution < 1.29 is 28.5 Å². The van der Waals surface area contributed by atoms with Gasteiger partial charge in [0.05, 0.1) is 27.0 Å². The number of hydrogen-bond donors (Lipinski definition) is 0. The van der Waals surface area contributed by atoms with Gasteiger partial charge in [0, 0.05) is 18.2 Å². The standard InChI is InChI=1S/C26H29NO6/c1-18(2)27(20-15-23(29-3)25(31-5)24(16-20)30-4)26(28)32-17-19-10-9-13-22(14-19)33-21-11-7-6-8-12-21/h6-16,18H,17H2,1-5H3. The van der Waals surface area contributed by atoms with E-state index in [4.69, 9.17) is 23.7 Å². The van der Waals surface area contributed by atoms with Crippen molar-refractivity contribution in [2.45, 2.75) is 26.5 Å². The number of methoxy groups -OCH3 is 3. The van der Waals surface area contributed by atoms with Crippen molar-refractivity contribution >= 4 is 11.8 Å². The Morgan fingerprint density at radius 3 is 2.03 bits per heavy atom. The number of nitrogens with zero attached hydrogens (tertiary/aromatic N) is 1. The van der Waals surface area contributed by atoms with E-state index in [1.165, 1.54) is 26.2 Å². The van der Waals surface area contributed by atoms with Crippen molar-refractivity contribution in [2.24, 2.45) is 0 Å². The second kappa shape index (κ2) is 11.1. The molecule has 0 aliphatic carbocycles. The van der Waals surface area contributed by atoms with E-state index in [9.17, 15) is 4.79 Å². The Kier molecular flexibility index (Phi) is 8.02. The van der Waals surface area contributed by atoms with Gasteiger partial charge in [-0.2, -0.15) is 0 Å². The number of para-hydroxylation sites is 1. The van der Waals surface area contributed by atoms with E-state index in [1.807, 2.05) is 68.4 Å². The molecule has 7 heteroatoms. The van der Waals surface area contributed by atoms with Crippen LogP contribution >= 0.6 is 0 Å². The molecule has 0 saturated heterocycles. The Labute approximate surface area is 194 Å². The lowest BCUT2D eigenvalue weighted by Crippen LogP contribution is -2.37. The van der Waals surface area contributed by atoms with Crippen LogP contribution in [-0.4, -0.2) is 33.5 Å². The number of ether oxygens (including phenoxy) is 5. The van der Waals surface area contributed by atoms with Gasteiger partial charge < -0.3 is 23.7 Å². The molecule has 0 bridgehead atoms. The average Bonchev–Trinajstić information content (AvgIpc) is 2.82. The predicted molar refractivity (Wildman–Crippen MR) is 127 cm³/mol. The zero-order chi connectivity index (χ0) is 23.8. The van der Waals surface area contributed by atoms with Gasteiger partial charge in [0.25, 0.3) is 0 Å². The van der Waals surface area contributed by atoms with Crippen LogP contribution in [0.15, 0.2) is 66.7 Å². The highest BCUT2D eigenvalue weighted by Gasteiger charge is 2.24. The zero-order valence-corrected chi connectivity index (χ0v) is 19.5. The number of carbonyl (C=O) groups is 1. The molecule has 0 unspecified atom stereocenters. The molecule has 0 spiro atoms. The van der Waals surface area contributed by atoms with Crippen LogP contribution in [0.1, 0.15) is 19.4 Å². The summed E-state index contributed by atoms with van der Waals surface area (Å²) in [5.74, 6) is 2.77. The number of carbonyl (C=O) groups excluding carboxylic acids is 1. The molecular weight excluding hydrogens is 422 g/mol. The van der Waals surface area contributed by atoms with E-state index >= 15 is 0 Å². The Morgan fingerprint density at radius 2 is 1.45 bits per heavy atom. The van der Waals surface area contributed by atoms with Crippen molar-refractivity contribution in [2.75, 3.05) is 26.2 Å². The van der Waals surface area contributed by atoms with Gasteiger partial charge >= 0.3 is 6.09 Å². The quantitative estimate of drug-likeness (QED) is 0.394. The van der Waals surface area contributed by atoms with Crippen LogP contribution < -0.4 is 23.8 Å². The van der Waals surface area contributed by atoms with E-state index in [-0.39, 0.29) is 12.6 Å².